The summed E-state index contributed by atoms with van der Waals surface area (Å²) in [7, 11) is 0. The van der Waals surface area contributed by atoms with Gasteiger partial charge in [0.2, 0.25) is 11.8 Å². The van der Waals surface area contributed by atoms with Crippen LogP contribution in [0.2, 0.25) is 0 Å². The fraction of sp³-hybridized carbons (Fsp3) is 0.368. The highest BCUT2D eigenvalue weighted by Crippen LogP contribution is 2.26. The minimum atomic E-state index is -0.243. The van der Waals surface area contributed by atoms with Gasteiger partial charge in [-0.3, -0.25) is 9.59 Å². The Morgan fingerprint density at radius 3 is 2.62 bits per heavy atom. The number of anilines is 2. The van der Waals surface area contributed by atoms with Crippen molar-refractivity contribution in [2.45, 2.75) is 13.5 Å². The predicted molar refractivity (Wildman–Crippen MR) is 97.9 cm³/mol. The second-order valence-electron chi connectivity index (χ2n) is 6.12. The van der Waals surface area contributed by atoms with Gasteiger partial charge < -0.3 is 24.3 Å². The highest BCUT2D eigenvalue weighted by Gasteiger charge is 2.18. The van der Waals surface area contributed by atoms with E-state index in [1.165, 1.54) is 11.8 Å². The molecule has 0 unspecified atom stereocenters. The third-order valence-electron chi connectivity index (χ3n) is 4.24. The number of amides is 2. The van der Waals surface area contributed by atoms with Crippen molar-refractivity contribution in [1.82, 2.24) is 4.90 Å². The van der Waals surface area contributed by atoms with Crippen molar-refractivity contribution in [1.29, 1.82) is 0 Å². The third-order valence-corrected chi connectivity index (χ3v) is 4.24. The van der Waals surface area contributed by atoms with Crippen LogP contribution in [0, 0.1) is 0 Å². The molecule has 1 aliphatic heterocycles. The first kappa shape index (κ1) is 18.0. The summed E-state index contributed by atoms with van der Waals surface area (Å²) in [6.07, 6.45) is 1.55. The molecule has 26 heavy (non-hydrogen) atoms. The van der Waals surface area contributed by atoms with E-state index in [-0.39, 0.29) is 24.9 Å². The zero-order chi connectivity index (χ0) is 18.4. The number of nitrogens with zero attached hydrogens (tertiary/aromatic N) is 2. The molecule has 0 aliphatic carbocycles. The number of ether oxygens (including phenoxy) is 1. The first-order valence-corrected chi connectivity index (χ1v) is 8.63. The molecule has 3 rings (SSSR count). The number of carbonyl (C=O) groups is 2. The van der Waals surface area contributed by atoms with Crippen LogP contribution in [-0.2, 0) is 20.9 Å². The Morgan fingerprint density at radius 1 is 1.15 bits per heavy atom. The van der Waals surface area contributed by atoms with Crippen LogP contribution in [0.5, 0.6) is 0 Å². The van der Waals surface area contributed by atoms with E-state index in [9.17, 15) is 9.59 Å². The van der Waals surface area contributed by atoms with Gasteiger partial charge in [-0.25, -0.2) is 0 Å². The molecule has 2 heterocycles. The molecule has 2 aromatic rings. The van der Waals surface area contributed by atoms with Crippen molar-refractivity contribution in [3.05, 3.63) is 48.4 Å². The average Bonchev–Trinajstić information content (AvgIpc) is 3.15. The van der Waals surface area contributed by atoms with Crippen LogP contribution < -0.4 is 10.2 Å². The standard InChI is InChI=1S/C19H23N3O4/c1-15(23)22(13-16-5-4-10-26-16)14-19(24)20-17-6-2-3-7-18(17)21-8-11-25-12-9-21/h2-7,10H,8-9,11-14H2,1H3,(H,20,24). The molecule has 2 amide bonds. The molecule has 1 N–H and O–H groups in total. The van der Waals surface area contributed by atoms with Crippen LogP contribution in [-0.4, -0.2) is 49.6 Å². The molecule has 1 saturated heterocycles. The van der Waals surface area contributed by atoms with Crippen molar-refractivity contribution in [3.63, 3.8) is 0 Å². The van der Waals surface area contributed by atoms with E-state index in [4.69, 9.17) is 9.15 Å². The summed E-state index contributed by atoms with van der Waals surface area (Å²) >= 11 is 0. The Morgan fingerprint density at radius 2 is 1.92 bits per heavy atom. The molecular formula is C19H23N3O4. The van der Waals surface area contributed by atoms with Gasteiger partial charge in [0.15, 0.2) is 0 Å². The second kappa shape index (κ2) is 8.53. The summed E-state index contributed by atoms with van der Waals surface area (Å²) in [4.78, 5) is 28.0. The Labute approximate surface area is 152 Å². The first-order chi connectivity index (χ1) is 12.6. The number of hydrogen-bond acceptors (Lipinski definition) is 5. The summed E-state index contributed by atoms with van der Waals surface area (Å²) in [6.45, 7) is 4.58. The summed E-state index contributed by atoms with van der Waals surface area (Å²) in [6, 6.07) is 11.2. The molecule has 0 saturated carbocycles. The highest BCUT2D eigenvalue weighted by atomic mass is 16.5. The van der Waals surface area contributed by atoms with Crippen molar-refractivity contribution in [3.8, 4) is 0 Å². The lowest BCUT2D eigenvalue weighted by atomic mass is 10.2. The molecule has 0 atom stereocenters. The molecule has 1 aromatic carbocycles. The molecule has 0 radical (unpaired) electrons. The first-order valence-electron chi connectivity index (χ1n) is 8.63. The topological polar surface area (TPSA) is 75.0 Å². The minimum Gasteiger partial charge on any atom is -0.467 e. The normalized spacial score (nSPS) is 14.1. The molecular weight excluding hydrogens is 334 g/mol. The molecule has 7 nitrogen and oxygen atoms in total. The zero-order valence-corrected chi connectivity index (χ0v) is 14.8. The van der Waals surface area contributed by atoms with Crippen LogP contribution in [0.3, 0.4) is 0 Å². The van der Waals surface area contributed by atoms with Crippen molar-refractivity contribution in [2.24, 2.45) is 0 Å². The monoisotopic (exact) mass is 357 g/mol. The van der Waals surface area contributed by atoms with E-state index in [0.717, 1.165) is 24.5 Å². The maximum absolute atomic E-state index is 12.5. The summed E-state index contributed by atoms with van der Waals surface area (Å²) in [5, 5.41) is 2.93. The number of nitrogens with one attached hydrogen (secondary N) is 1. The fourth-order valence-electron chi connectivity index (χ4n) is 2.89. The van der Waals surface area contributed by atoms with Crippen molar-refractivity contribution < 1.29 is 18.7 Å². The number of para-hydroxylation sites is 2. The van der Waals surface area contributed by atoms with Crippen LogP contribution in [0.15, 0.2) is 47.1 Å². The van der Waals surface area contributed by atoms with Crippen molar-refractivity contribution in [2.75, 3.05) is 43.1 Å². The molecule has 0 spiro atoms. The maximum atomic E-state index is 12.5. The van der Waals surface area contributed by atoms with Gasteiger partial charge in [0, 0.05) is 20.0 Å². The van der Waals surface area contributed by atoms with E-state index >= 15 is 0 Å². The highest BCUT2D eigenvalue weighted by molar-refractivity contribution is 5.97. The Hall–Kier alpha value is -2.80. The minimum absolute atomic E-state index is 0.0342. The van der Waals surface area contributed by atoms with Crippen LogP contribution in [0.1, 0.15) is 12.7 Å². The number of benzene rings is 1. The smallest absolute Gasteiger partial charge is 0.244 e. The van der Waals surface area contributed by atoms with Crippen LogP contribution in [0.4, 0.5) is 11.4 Å². The number of carbonyl (C=O) groups excluding carboxylic acids is 2. The maximum Gasteiger partial charge on any atom is 0.244 e. The average molecular weight is 357 g/mol. The van der Waals surface area contributed by atoms with E-state index in [2.05, 4.69) is 10.2 Å². The fourth-order valence-corrected chi connectivity index (χ4v) is 2.89. The van der Waals surface area contributed by atoms with Gasteiger partial charge in [-0.1, -0.05) is 12.1 Å². The number of morpholine rings is 1. The number of hydrogen-bond donors (Lipinski definition) is 1. The largest absolute Gasteiger partial charge is 0.467 e. The molecule has 138 valence electrons. The van der Waals surface area contributed by atoms with Crippen LogP contribution in [0.25, 0.3) is 0 Å². The molecule has 1 aliphatic rings. The molecule has 1 aromatic heterocycles. The van der Waals surface area contributed by atoms with Crippen LogP contribution >= 0.6 is 0 Å². The molecule has 1 fully saturated rings. The quantitative estimate of drug-likeness (QED) is 0.857. The Balaban J connectivity index is 1.66. The summed E-state index contributed by atoms with van der Waals surface area (Å²) in [5.74, 6) is 0.215. The third kappa shape index (κ3) is 4.64. The van der Waals surface area contributed by atoms with E-state index in [0.29, 0.717) is 19.0 Å². The molecule has 0 bridgehead atoms. The van der Waals surface area contributed by atoms with Gasteiger partial charge in [-0.2, -0.15) is 0 Å². The van der Waals surface area contributed by atoms with Gasteiger partial charge in [-0.15, -0.1) is 0 Å². The lowest BCUT2D eigenvalue weighted by Crippen LogP contribution is -2.38. The van der Waals surface area contributed by atoms with Gasteiger partial charge in [0.1, 0.15) is 12.3 Å². The number of furan rings is 1. The lowest BCUT2D eigenvalue weighted by molar-refractivity contribution is -0.133. The Bertz CT molecular complexity index is 739. The van der Waals surface area contributed by atoms with E-state index in [1.807, 2.05) is 24.3 Å². The summed E-state index contributed by atoms with van der Waals surface area (Å²) < 4.78 is 10.7. The van der Waals surface area contributed by atoms with Gasteiger partial charge in [0.05, 0.1) is 37.4 Å². The second-order valence-corrected chi connectivity index (χ2v) is 6.12. The van der Waals surface area contributed by atoms with Gasteiger partial charge in [0.25, 0.3) is 0 Å². The number of rotatable bonds is 6. The van der Waals surface area contributed by atoms with E-state index in [1.54, 1.807) is 18.4 Å². The zero-order valence-electron chi connectivity index (χ0n) is 14.8. The Kier molecular flexibility index (Phi) is 5.91. The van der Waals surface area contributed by atoms with Gasteiger partial charge in [-0.05, 0) is 24.3 Å². The lowest BCUT2D eigenvalue weighted by Gasteiger charge is -2.30. The molecule has 7 heteroatoms. The van der Waals surface area contributed by atoms with Crippen molar-refractivity contribution >= 4 is 23.2 Å². The SMILES string of the molecule is CC(=O)N(CC(=O)Nc1ccccc1N1CCOCC1)Cc1ccco1. The summed E-state index contributed by atoms with van der Waals surface area (Å²) in [5.41, 5.74) is 1.70. The van der Waals surface area contributed by atoms with E-state index < -0.39 is 0 Å². The predicted octanol–water partition coefficient (Wildman–Crippen LogP) is 2.10. The van der Waals surface area contributed by atoms with Gasteiger partial charge >= 0.3 is 0 Å².